The number of hydrazine groups is 1. The SMILES string of the molecule is CCOCC(=O)NC(=O)C1CCSC1NC(=O)C1CNN2CCCCC12. The van der Waals surface area contributed by atoms with Crippen LogP contribution in [-0.2, 0) is 19.1 Å². The number of nitrogens with one attached hydrogen (secondary N) is 3. The molecule has 3 amide bonds. The van der Waals surface area contributed by atoms with Gasteiger partial charge in [-0.2, -0.15) is 0 Å². The number of amides is 3. The Labute approximate surface area is 158 Å². The van der Waals surface area contributed by atoms with Crippen molar-refractivity contribution in [3.05, 3.63) is 0 Å². The van der Waals surface area contributed by atoms with E-state index in [1.165, 1.54) is 0 Å². The monoisotopic (exact) mass is 384 g/mol. The highest BCUT2D eigenvalue weighted by molar-refractivity contribution is 8.00. The minimum absolute atomic E-state index is 0.00439. The van der Waals surface area contributed by atoms with E-state index in [4.69, 9.17) is 4.74 Å². The van der Waals surface area contributed by atoms with Gasteiger partial charge in [-0.3, -0.25) is 25.1 Å². The van der Waals surface area contributed by atoms with Gasteiger partial charge in [0, 0.05) is 25.7 Å². The third-order valence-electron chi connectivity index (χ3n) is 5.28. The van der Waals surface area contributed by atoms with Gasteiger partial charge in [0.05, 0.1) is 17.2 Å². The van der Waals surface area contributed by atoms with Crippen LogP contribution in [-0.4, -0.2) is 66.2 Å². The first-order chi connectivity index (χ1) is 12.6. The van der Waals surface area contributed by atoms with Gasteiger partial charge in [0.1, 0.15) is 6.61 Å². The molecule has 3 N–H and O–H groups in total. The molecule has 3 heterocycles. The maximum Gasteiger partial charge on any atom is 0.252 e. The van der Waals surface area contributed by atoms with Crippen molar-refractivity contribution in [2.45, 2.75) is 44.0 Å². The highest BCUT2D eigenvalue weighted by Gasteiger charge is 2.42. The molecule has 0 radical (unpaired) electrons. The smallest absolute Gasteiger partial charge is 0.252 e. The van der Waals surface area contributed by atoms with Gasteiger partial charge in [0.15, 0.2) is 0 Å². The van der Waals surface area contributed by atoms with Gasteiger partial charge in [-0.15, -0.1) is 11.8 Å². The number of piperidine rings is 1. The van der Waals surface area contributed by atoms with Crippen LogP contribution < -0.4 is 16.1 Å². The summed E-state index contributed by atoms with van der Waals surface area (Å²) in [6, 6.07) is 0.246. The molecule has 3 aliphatic heterocycles. The fourth-order valence-corrected chi connectivity index (χ4v) is 5.24. The van der Waals surface area contributed by atoms with Gasteiger partial charge in [0.2, 0.25) is 11.8 Å². The van der Waals surface area contributed by atoms with E-state index >= 15 is 0 Å². The van der Waals surface area contributed by atoms with E-state index in [2.05, 4.69) is 21.1 Å². The number of carbonyl (C=O) groups is 3. The maximum absolute atomic E-state index is 12.8. The van der Waals surface area contributed by atoms with Crippen molar-refractivity contribution < 1.29 is 19.1 Å². The number of thioether (sulfide) groups is 1. The number of rotatable bonds is 6. The van der Waals surface area contributed by atoms with E-state index in [0.717, 1.165) is 31.6 Å². The average molecular weight is 385 g/mol. The molecule has 3 fully saturated rings. The van der Waals surface area contributed by atoms with Crippen molar-refractivity contribution in [2.24, 2.45) is 11.8 Å². The van der Waals surface area contributed by atoms with Crippen LogP contribution in [0, 0.1) is 11.8 Å². The molecule has 0 aromatic carbocycles. The molecule has 0 aromatic rings. The zero-order valence-corrected chi connectivity index (χ0v) is 16.0. The molecule has 0 saturated carbocycles. The van der Waals surface area contributed by atoms with Gasteiger partial charge in [-0.1, -0.05) is 6.42 Å². The zero-order chi connectivity index (χ0) is 18.5. The standard InChI is InChI=1S/C17H28N4O4S/c1-2-25-10-14(22)19-15(23)11-6-8-26-17(11)20-16(24)12-9-18-21-7-4-3-5-13(12)21/h11-13,17-18H,2-10H2,1H3,(H,20,24)(H,19,22,23). The first-order valence-electron chi connectivity index (χ1n) is 9.43. The normalized spacial score (nSPS) is 31.4. The van der Waals surface area contributed by atoms with E-state index in [1.807, 2.05) is 0 Å². The van der Waals surface area contributed by atoms with E-state index in [9.17, 15) is 14.4 Å². The first kappa shape index (κ1) is 19.6. The molecular formula is C17H28N4O4S. The second-order valence-corrected chi connectivity index (χ2v) is 8.22. The number of carbonyl (C=O) groups excluding carboxylic acids is 3. The molecule has 4 atom stereocenters. The minimum atomic E-state index is -0.434. The molecule has 0 bridgehead atoms. The van der Waals surface area contributed by atoms with Crippen LogP contribution in [0.2, 0.25) is 0 Å². The predicted molar refractivity (Wildman–Crippen MR) is 98.0 cm³/mol. The van der Waals surface area contributed by atoms with Crippen LogP contribution in [0.4, 0.5) is 0 Å². The van der Waals surface area contributed by atoms with Crippen LogP contribution in [0.15, 0.2) is 0 Å². The van der Waals surface area contributed by atoms with Crippen LogP contribution in [0.1, 0.15) is 32.6 Å². The lowest BCUT2D eigenvalue weighted by Crippen LogP contribution is -2.49. The maximum atomic E-state index is 12.8. The summed E-state index contributed by atoms with van der Waals surface area (Å²) in [5.41, 5.74) is 3.32. The first-order valence-corrected chi connectivity index (χ1v) is 10.5. The van der Waals surface area contributed by atoms with E-state index < -0.39 is 5.91 Å². The third kappa shape index (κ3) is 4.57. The van der Waals surface area contributed by atoms with Crippen molar-refractivity contribution in [1.82, 2.24) is 21.1 Å². The van der Waals surface area contributed by atoms with Crippen molar-refractivity contribution in [2.75, 3.05) is 32.1 Å². The summed E-state index contributed by atoms with van der Waals surface area (Å²) in [6.45, 7) is 3.73. The fraction of sp³-hybridized carbons (Fsp3) is 0.824. The Morgan fingerprint density at radius 3 is 2.85 bits per heavy atom. The highest BCUT2D eigenvalue weighted by atomic mass is 32.2. The van der Waals surface area contributed by atoms with Gasteiger partial charge in [-0.05, 0) is 31.9 Å². The Bertz CT molecular complexity index is 547. The molecular weight excluding hydrogens is 356 g/mol. The molecule has 0 spiro atoms. The van der Waals surface area contributed by atoms with Crippen LogP contribution in [0.5, 0.6) is 0 Å². The van der Waals surface area contributed by atoms with E-state index in [0.29, 0.717) is 19.6 Å². The molecule has 9 heteroatoms. The summed E-state index contributed by atoms with van der Waals surface area (Å²) in [7, 11) is 0. The van der Waals surface area contributed by atoms with Gasteiger partial charge in [-0.25, -0.2) is 5.01 Å². The lowest BCUT2D eigenvalue weighted by atomic mass is 9.92. The van der Waals surface area contributed by atoms with Crippen molar-refractivity contribution >= 4 is 29.5 Å². The number of hydrogen-bond donors (Lipinski definition) is 3. The lowest BCUT2D eigenvalue weighted by molar-refractivity contribution is -0.135. The molecule has 146 valence electrons. The zero-order valence-electron chi connectivity index (χ0n) is 15.2. The molecule has 0 aliphatic carbocycles. The van der Waals surface area contributed by atoms with Crippen molar-refractivity contribution in [1.29, 1.82) is 0 Å². The second kappa shape index (κ2) is 9.16. The Hall–Kier alpha value is -1.16. The lowest BCUT2D eigenvalue weighted by Gasteiger charge is -2.31. The van der Waals surface area contributed by atoms with Crippen molar-refractivity contribution in [3.8, 4) is 0 Å². The Morgan fingerprint density at radius 1 is 1.19 bits per heavy atom. The summed E-state index contributed by atoms with van der Waals surface area (Å²) in [6.07, 6.45) is 3.99. The topological polar surface area (TPSA) is 99.8 Å². The molecule has 3 saturated heterocycles. The summed E-state index contributed by atoms with van der Waals surface area (Å²) in [5, 5.41) is 7.35. The molecule has 4 unspecified atom stereocenters. The molecule has 3 aliphatic rings. The molecule has 3 rings (SSSR count). The fourth-order valence-electron chi connectivity index (χ4n) is 3.90. The summed E-state index contributed by atoms with van der Waals surface area (Å²) >= 11 is 1.57. The van der Waals surface area contributed by atoms with Crippen LogP contribution >= 0.6 is 11.8 Å². The Morgan fingerprint density at radius 2 is 2.04 bits per heavy atom. The summed E-state index contributed by atoms with van der Waals surface area (Å²) in [4.78, 5) is 36.9. The summed E-state index contributed by atoms with van der Waals surface area (Å²) in [5.74, 6) is -0.428. The number of nitrogens with zero attached hydrogens (tertiary/aromatic N) is 1. The third-order valence-corrected chi connectivity index (χ3v) is 6.55. The van der Waals surface area contributed by atoms with Crippen LogP contribution in [0.3, 0.4) is 0 Å². The van der Waals surface area contributed by atoms with Gasteiger partial charge in [0.25, 0.3) is 5.91 Å². The number of hydrogen-bond acceptors (Lipinski definition) is 7. The predicted octanol–water partition coefficient (Wildman–Crippen LogP) is -0.150. The molecule has 8 nitrogen and oxygen atoms in total. The van der Waals surface area contributed by atoms with E-state index in [1.54, 1.807) is 18.7 Å². The average Bonchev–Trinajstić information content (AvgIpc) is 3.26. The number of ether oxygens (including phenoxy) is 1. The second-order valence-electron chi connectivity index (χ2n) is 6.97. The van der Waals surface area contributed by atoms with Gasteiger partial charge < -0.3 is 10.1 Å². The van der Waals surface area contributed by atoms with Crippen molar-refractivity contribution in [3.63, 3.8) is 0 Å². The van der Waals surface area contributed by atoms with Gasteiger partial charge >= 0.3 is 0 Å². The Balaban J connectivity index is 1.52. The summed E-state index contributed by atoms with van der Waals surface area (Å²) < 4.78 is 5.02. The minimum Gasteiger partial charge on any atom is -0.372 e. The van der Waals surface area contributed by atoms with E-state index in [-0.39, 0.29) is 41.7 Å². The van der Waals surface area contributed by atoms with Crippen LogP contribution in [0.25, 0.3) is 0 Å². The number of fused-ring (bicyclic) bond motifs is 1. The molecule has 26 heavy (non-hydrogen) atoms. The largest absolute Gasteiger partial charge is 0.372 e. The number of imide groups is 1. The quantitative estimate of drug-likeness (QED) is 0.586. The molecule has 0 aromatic heterocycles. The highest BCUT2D eigenvalue weighted by Crippen LogP contribution is 2.32. The Kier molecular flexibility index (Phi) is 6.91.